The number of rotatable bonds is 3. The van der Waals surface area contributed by atoms with Gasteiger partial charge >= 0.3 is 0 Å². The van der Waals surface area contributed by atoms with Crippen LogP contribution in [0.2, 0.25) is 0 Å². The molecule has 1 aromatic heterocycles. The summed E-state index contributed by atoms with van der Waals surface area (Å²) >= 11 is 0. The maximum Gasteiger partial charge on any atom is 0.0451 e. The number of aryl methyl sites for hydroxylation is 2. The summed E-state index contributed by atoms with van der Waals surface area (Å²) in [4.78, 5) is 4.37. The van der Waals surface area contributed by atoms with Gasteiger partial charge in [0.25, 0.3) is 0 Å². The fraction of sp³-hybridized carbons (Fsp3) is 0.471. The number of benzene rings is 1. The Balaban J connectivity index is 2.51. The number of nitrogens with zero attached hydrogens (tertiary/aromatic N) is 1. The Hall–Kier alpha value is -1.37. The van der Waals surface area contributed by atoms with Crippen LogP contribution in [-0.4, -0.2) is 4.98 Å². The topological polar surface area (TPSA) is 12.9 Å². The van der Waals surface area contributed by atoms with Crippen molar-refractivity contribution in [1.82, 2.24) is 4.98 Å². The van der Waals surface area contributed by atoms with E-state index in [1.807, 2.05) is 6.20 Å². The fourth-order valence-corrected chi connectivity index (χ4v) is 2.94. The summed E-state index contributed by atoms with van der Waals surface area (Å²) in [5, 5.41) is 2.64. The first-order chi connectivity index (χ1) is 8.50. The van der Waals surface area contributed by atoms with Gasteiger partial charge in [-0.25, -0.2) is 0 Å². The van der Waals surface area contributed by atoms with Crippen molar-refractivity contribution in [3.8, 4) is 0 Å². The van der Waals surface area contributed by atoms with Crippen molar-refractivity contribution >= 4 is 10.8 Å². The van der Waals surface area contributed by atoms with Gasteiger partial charge in [-0.1, -0.05) is 32.9 Å². The van der Waals surface area contributed by atoms with Gasteiger partial charge < -0.3 is 0 Å². The average Bonchev–Trinajstić information content (AvgIpc) is 2.29. The van der Waals surface area contributed by atoms with Crippen molar-refractivity contribution in [3.05, 3.63) is 41.2 Å². The standard InChI is InChI=1S/C17H23N/c1-11(2)10-12(3)15-6-7-17-14(5)18-9-8-16(17)13(15)4/h6-9,11-12H,10H2,1-5H3. The lowest BCUT2D eigenvalue weighted by molar-refractivity contribution is 0.523. The van der Waals surface area contributed by atoms with Gasteiger partial charge in [-0.05, 0) is 54.7 Å². The smallest absolute Gasteiger partial charge is 0.0451 e. The molecule has 1 unspecified atom stereocenters. The SMILES string of the molecule is Cc1nccc2c(C)c(C(C)CC(C)C)ccc12. The normalized spacial score (nSPS) is 13.2. The lowest BCUT2D eigenvalue weighted by Gasteiger charge is -2.18. The predicted octanol–water partition coefficient (Wildman–Crippen LogP) is 5.00. The molecule has 2 rings (SSSR count). The van der Waals surface area contributed by atoms with E-state index in [1.165, 1.54) is 28.3 Å². The Morgan fingerprint density at radius 3 is 2.39 bits per heavy atom. The lowest BCUT2D eigenvalue weighted by atomic mass is 9.87. The molecule has 18 heavy (non-hydrogen) atoms. The molecule has 1 aromatic carbocycles. The number of aromatic nitrogens is 1. The van der Waals surface area contributed by atoms with Crippen molar-refractivity contribution in [2.75, 3.05) is 0 Å². The van der Waals surface area contributed by atoms with Crippen molar-refractivity contribution in [1.29, 1.82) is 0 Å². The maximum atomic E-state index is 4.37. The minimum absolute atomic E-state index is 0.628. The van der Waals surface area contributed by atoms with Crippen LogP contribution in [0.1, 0.15) is 49.9 Å². The number of pyridine rings is 1. The molecule has 0 spiro atoms. The molecule has 0 aliphatic carbocycles. The predicted molar refractivity (Wildman–Crippen MR) is 79.1 cm³/mol. The van der Waals surface area contributed by atoms with Gasteiger partial charge in [0.2, 0.25) is 0 Å². The molecule has 0 aliphatic heterocycles. The molecular formula is C17H23N. The first-order valence-corrected chi connectivity index (χ1v) is 6.85. The van der Waals surface area contributed by atoms with Crippen LogP contribution >= 0.6 is 0 Å². The van der Waals surface area contributed by atoms with Crippen molar-refractivity contribution in [2.24, 2.45) is 5.92 Å². The van der Waals surface area contributed by atoms with Crippen LogP contribution in [-0.2, 0) is 0 Å². The number of hydrogen-bond acceptors (Lipinski definition) is 1. The number of hydrogen-bond donors (Lipinski definition) is 0. The fourth-order valence-electron chi connectivity index (χ4n) is 2.94. The minimum atomic E-state index is 0.628. The van der Waals surface area contributed by atoms with Crippen molar-refractivity contribution in [2.45, 2.75) is 47.0 Å². The van der Waals surface area contributed by atoms with Gasteiger partial charge in [0.15, 0.2) is 0 Å². The quantitative estimate of drug-likeness (QED) is 0.736. The van der Waals surface area contributed by atoms with Crippen LogP contribution in [0.5, 0.6) is 0 Å². The van der Waals surface area contributed by atoms with Crippen molar-refractivity contribution in [3.63, 3.8) is 0 Å². The molecule has 1 heterocycles. The Morgan fingerprint density at radius 1 is 1.00 bits per heavy atom. The monoisotopic (exact) mass is 241 g/mol. The second-order valence-corrected chi connectivity index (χ2v) is 5.80. The van der Waals surface area contributed by atoms with Gasteiger partial charge in [0, 0.05) is 17.3 Å². The Bertz CT molecular complexity index is 555. The first-order valence-electron chi connectivity index (χ1n) is 6.85. The summed E-state index contributed by atoms with van der Waals surface area (Å²) in [7, 11) is 0. The van der Waals surface area contributed by atoms with E-state index in [9.17, 15) is 0 Å². The highest BCUT2D eigenvalue weighted by Crippen LogP contribution is 2.31. The third-order valence-electron chi connectivity index (χ3n) is 3.81. The molecule has 1 atom stereocenters. The van der Waals surface area contributed by atoms with Crippen LogP contribution < -0.4 is 0 Å². The average molecular weight is 241 g/mol. The minimum Gasteiger partial charge on any atom is -0.261 e. The zero-order chi connectivity index (χ0) is 13.3. The third kappa shape index (κ3) is 2.40. The lowest BCUT2D eigenvalue weighted by Crippen LogP contribution is -2.02. The highest BCUT2D eigenvalue weighted by molar-refractivity contribution is 5.88. The van der Waals surface area contributed by atoms with Crippen LogP contribution in [0.3, 0.4) is 0 Å². The van der Waals surface area contributed by atoms with Gasteiger partial charge in [-0.15, -0.1) is 0 Å². The van der Waals surface area contributed by atoms with Crippen LogP contribution in [0.4, 0.5) is 0 Å². The zero-order valence-electron chi connectivity index (χ0n) is 12.1. The van der Waals surface area contributed by atoms with Crippen molar-refractivity contribution < 1.29 is 0 Å². The van der Waals surface area contributed by atoms with Crippen LogP contribution in [0, 0.1) is 19.8 Å². The molecule has 1 heteroatoms. The molecule has 0 amide bonds. The van der Waals surface area contributed by atoms with E-state index in [4.69, 9.17) is 0 Å². The third-order valence-corrected chi connectivity index (χ3v) is 3.81. The molecular weight excluding hydrogens is 218 g/mol. The van der Waals surface area contributed by atoms with Crippen LogP contribution in [0.15, 0.2) is 24.4 Å². The molecule has 0 saturated carbocycles. The van der Waals surface area contributed by atoms with Gasteiger partial charge in [0.05, 0.1) is 0 Å². The summed E-state index contributed by atoms with van der Waals surface area (Å²) in [5.41, 5.74) is 4.03. The Morgan fingerprint density at radius 2 is 1.72 bits per heavy atom. The Kier molecular flexibility index (Phi) is 3.70. The zero-order valence-corrected chi connectivity index (χ0v) is 12.1. The molecule has 96 valence electrons. The molecule has 0 saturated heterocycles. The Labute approximate surface area is 110 Å². The molecule has 1 nitrogen and oxygen atoms in total. The molecule has 0 bridgehead atoms. The highest BCUT2D eigenvalue weighted by Gasteiger charge is 2.12. The molecule has 0 radical (unpaired) electrons. The molecule has 2 aromatic rings. The summed E-state index contributed by atoms with van der Waals surface area (Å²) in [5.74, 6) is 1.37. The van der Waals surface area contributed by atoms with Gasteiger partial charge in [-0.2, -0.15) is 0 Å². The van der Waals surface area contributed by atoms with Gasteiger partial charge in [-0.3, -0.25) is 4.98 Å². The van der Waals surface area contributed by atoms with Gasteiger partial charge in [0.1, 0.15) is 0 Å². The number of fused-ring (bicyclic) bond motifs is 1. The molecule has 0 fully saturated rings. The summed E-state index contributed by atoms with van der Waals surface area (Å²) < 4.78 is 0. The molecule has 0 N–H and O–H groups in total. The van der Waals surface area contributed by atoms with E-state index in [0.717, 1.165) is 11.6 Å². The summed E-state index contributed by atoms with van der Waals surface area (Å²) in [6.45, 7) is 11.2. The van der Waals surface area contributed by atoms with E-state index in [-0.39, 0.29) is 0 Å². The van der Waals surface area contributed by atoms with E-state index in [2.05, 4.69) is 57.8 Å². The molecule has 0 aliphatic rings. The second kappa shape index (κ2) is 5.09. The maximum absolute atomic E-state index is 4.37. The van der Waals surface area contributed by atoms with Crippen LogP contribution in [0.25, 0.3) is 10.8 Å². The second-order valence-electron chi connectivity index (χ2n) is 5.80. The highest BCUT2D eigenvalue weighted by atomic mass is 14.7. The van der Waals surface area contributed by atoms with E-state index >= 15 is 0 Å². The van der Waals surface area contributed by atoms with E-state index in [0.29, 0.717) is 5.92 Å². The summed E-state index contributed by atoms with van der Waals surface area (Å²) in [6.07, 6.45) is 3.16. The summed E-state index contributed by atoms with van der Waals surface area (Å²) in [6, 6.07) is 6.67. The van der Waals surface area contributed by atoms with E-state index < -0.39 is 0 Å². The largest absolute Gasteiger partial charge is 0.261 e. The first kappa shape index (κ1) is 13.1. The van der Waals surface area contributed by atoms with E-state index in [1.54, 1.807) is 0 Å².